The summed E-state index contributed by atoms with van der Waals surface area (Å²) in [6.07, 6.45) is 1.65. The van der Waals surface area contributed by atoms with Crippen LogP contribution >= 0.6 is 0 Å². The molecule has 1 heterocycles. The molecule has 0 aliphatic rings. The molecule has 154 valence electrons. The lowest BCUT2D eigenvalue weighted by Gasteiger charge is -2.08. The van der Waals surface area contributed by atoms with E-state index in [9.17, 15) is 14.7 Å². The first-order chi connectivity index (χ1) is 14.5. The maximum absolute atomic E-state index is 12.0. The number of carbonyl (C=O) groups is 2. The summed E-state index contributed by atoms with van der Waals surface area (Å²) in [6.45, 7) is 5.39. The Balaban J connectivity index is 1.60. The minimum Gasteiger partial charge on any atom is -0.493 e. The van der Waals surface area contributed by atoms with E-state index in [1.807, 2.05) is 37.3 Å². The standard InChI is InChI=1S/C22H22N4O4/c1-3-12-26-17-10-6-5-9-16(17)21(22(26)29)25-24-19(27)13-23-20(28)14-30-18-11-7-4-8-15(18)2/h3-11,29H,1,12-14H2,2H3,(H,23,28). The number of ether oxygens (including phenoxy) is 1. The SMILES string of the molecule is C=CCn1c(O)c(N=NC(=O)CNC(=O)COc2ccccc2C)c2ccccc21. The van der Waals surface area contributed by atoms with Gasteiger partial charge in [0.05, 0.1) is 5.52 Å². The minimum absolute atomic E-state index is 0.108. The number of carbonyl (C=O) groups excluding carboxylic acids is 2. The Morgan fingerprint density at radius 1 is 1.20 bits per heavy atom. The zero-order valence-electron chi connectivity index (χ0n) is 16.5. The number of fused-ring (bicyclic) bond motifs is 1. The van der Waals surface area contributed by atoms with Gasteiger partial charge in [0, 0.05) is 11.9 Å². The normalized spacial score (nSPS) is 11.0. The molecule has 0 unspecified atom stereocenters. The average molecular weight is 406 g/mol. The number of amides is 2. The Morgan fingerprint density at radius 2 is 1.93 bits per heavy atom. The molecule has 0 aliphatic heterocycles. The van der Waals surface area contributed by atoms with E-state index in [-0.39, 0.29) is 24.7 Å². The van der Waals surface area contributed by atoms with Crippen molar-refractivity contribution in [1.29, 1.82) is 0 Å². The molecule has 0 spiro atoms. The summed E-state index contributed by atoms with van der Waals surface area (Å²) in [4.78, 5) is 23.9. The maximum atomic E-state index is 12.0. The molecule has 2 amide bonds. The number of aryl methyl sites for hydroxylation is 1. The molecular weight excluding hydrogens is 384 g/mol. The van der Waals surface area contributed by atoms with E-state index in [0.717, 1.165) is 11.1 Å². The van der Waals surface area contributed by atoms with Gasteiger partial charge in [0.15, 0.2) is 12.3 Å². The third-order valence-corrected chi connectivity index (χ3v) is 4.38. The van der Waals surface area contributed by atoms with Crippen molar-refractivity contribution in [3.05, 3.63) is 66.7 Å². The molecule has 0 saturated heterocycles. The van der Waals surface area contributed by atoms with Crippen molar-refractivity contribution in [3.8, 4) is 11.6 Å². The first-order valence-corrected chi connectivity index (χ1v) is 9.32. The fourth-order valence-electron chi connectivity index (χ4n) is 2.91. The number of allylic oxidation sites excluding steroid dienone is 1. The fourth-order valence-corrected chi connectivity index (χ4v) is 2.91. The van der Waals surface area contributed by atoms with E-state index in [1.165, 1.54) is 0 Å². The van der Waals surface area contributed by atoms with Gasteiger partial charge >= 0.3 is 0 Å². The van der Waals surface area contributed by atoms with Crippen LogP contribution in [0.4, 0.5) is 5.69 Å². The first kappa shape index (κ1) is 20.8. The molecule has 30 heavy (non-hydrogen) atoms. The quantitative estimate of drug-likeness (QED) is 0.440. The highest BCUT2D eigenvalue weighted by Crippen LogP contribution is 2.38. The summed E-state index contributed by atoms with van der Waals surface area (Å²) in [5, 5.41) is 21.1. The van der Waals surface area contributed by atoms with Gasteiger partial charge < -0.3 is 19.7 Å². The van der Waals surface area contributed by atoms with E-state index in [4.69, 9.17) is 4.74 Å². The van der Waals surface area contributed by atoms with Crippen LogP contribution in [0.1, 0.15) is 5.56 Å². The molecule has 0 radical (unpaired) electrons. The molecule has 2 N–H and O–H groups in total. The molecule has 0 fully saturated rings. The molecule has 3 aromatic rings. The van der Waals surface area contributed by atoms with E-state index < -0.39 is 11.8 Å². The first-order valence-electron chi connectivity index (χ1n) is 9.32. The minimum atomic E-state index is -0.654. The van der Waals surface area contributed by atoms with Crippen LogP contribution in [0.2, 0.25) is 0 Å². The van der Waals surface area contributed by atoms with Gasteiger partial charge in [-0.2, -0.15) is 0 Å². The molecule has 1 aromatic heterocycles. The van der Waals surface area contributed by atoms with Gasteiger partial charge in [-0.1, -0.05) is 42.5 Å². The summed E-state index contributed by atoms with van der Waals surface area (Å²) >= 11 is 0. The second kappa shape index (κ2) is 9.51. The van der Waals surface area contributed by atoms with Crippen LogP contribution in [0.5, 0.6) is 11.6 Å². The van der Waals surface area contributed by atoms with Crippen molar-refractivity contribution in [1.82, 2.24) is 9.88 Å². The van der Waals surface area contributed by atoms with Crippen LogP contribution in [-0.2, 0) is 16.1 Å². The highest BCUT2D eigenvalue weighted by atomic mass is 16.5. The van der Waals surface area contributed by atoms with Gasteiger partial charge in [0.1, 0.15) is 12.3 Å². The predicted molar refractivity (Wildman–Crippen MR) is 113 cm³/mol. The van der Waals surface area contributed by atoms with Crippen molar-refractivity contribution in [3.63, 3.8) is 0 Å². The highest BCUT2D eigenvalue weighted by Gasteiger charge is 2.16. The van der Waals surface area contributed by atoms with Gasteiger partial charge in [0.25, 0.3) is 11.8 Å². The Kier molecular flexibility index (Phi) is 6.59. The zero-order chi connectivity index (χ0) is 21.5. The molecule has 8 nitrogen and oxygen atoms in total. The lowest BCUT2D eigenvalue weighted by atomic mass is 10.2. The number of azo groups is 1. The Morgan fingerprint density at radius 3 is 2.70 bits per heavy atom. The highest BCUT2D eigenvalue weighted by molar-refractivity contribution is 5.95. The van der Waals surface area contributed by atoms with Crippen molar-refractivity contribution in [2.24, 2.45) is 10.2 Å². The van der Waals surface area contributed by atoms with Crippen molar-refractivity contribution < 1.29 is 19.4 Å². The maximum Gasteiger partial charge on any atom is 0.283 e. The van der Waals surface area contributed by atoms with Crippen LogP contribution in [0, 0.1) is 6.92 Å². The van der Waals surface area contributed by atoms with E-state index in [2.05, 4.69) is 22.1 Å². The van der Waals surface area contributed by atoms with E-state index >= 15 is 0 Å². The molecule has 0 bridgehead atoms. The number of hydrogen-bond donors (Lipinski definition) is 2. The second-order valence-corrected chi connectivity index (χ2v) is 6.51. The third kappa shape index (κ3) is 4.72. The number of nitrogens with one attached hydrogen (secondary N) is 1. The van der Waals surface area contributed by atoms with E-state index in [0.29, 0.717) is 17.7 Å². The van der Waals surface area contributed by atoms with Crippen molar-refractivity contribution in [2.75, 3.05) is 13.2 Å². The predicted octanol–water partition coefficient (Wildman–Crippen LogP) is 3.65. The number of aromatic nitrogens is 1. The summed E-state index contributed by atoms with van der Waals surface area (Å²) in [6, 6.07) is 14.6. The van der Waals surface area contributed by atoms with Gasteiger partial charge in [-0.15, -0.1) is 16.8 Å². The average Bonchev–Trinajstić information content (AvgIpc) is 3.01. The third-order valence-electron chi connectivity index (χ3n) is 4.38. The molecule has 0 aliphatic carbocycles. The second-order valence-electron chi connectivity index (χ2n) is 6.51. The van der Waals surface area contributed by atoms with Gasteiger partial charge in [-0.25, -0.2) is 0 Å². The Labute approximate surface area is 173 Å². The Hall–Kier alpha value is -3.94. The number of benzene rings is 2. The molecule has 0 saturated carbocycles. The number of para-hydroxylation sites is 2. The molecule has 8 heteroatoms. The van der Waals surface area contributed by atoms with Crippen LogP contribution in [-0.4, -0.2) is 34.6 Å². The lowest BCUT2D eigenvalue weighted by molar-refractivity contribution is -0.126. The summed E-state index contributed by atoms with van der Waals surface area (Å²) in [5.41, 5.74) is 1.85. The number of rotatable bonds is 8. The number of hydrogen-bond acceptors (Lipinski definition) is 5. The molecular formula is C22H22N4O4. The number of aromatic hydroxyl groups is 1. The summed E-state index contributed by atoms with van der Waals surface area (Å²) < 4.78 is 7.05. The van der Waals surface area contributed by atoms with Gasteiger partial charge in [-0.05, 0) is 24.6 Å². The molecule has 0 atom stereocenters. The van der Waals surface area contributed by atoms with Gasteiger partial charge in [0.2, 0.25) is 5.88 Å². The molecule has 2 aromatic carbocycles. The number of nitrogens with zero attached hydrogens (tertiary/aromatic N) is 3. The van der Waals surface area contributed by atoms with Crippen molar-refractivity contribution >= 4 is 28.4 Å². The largest absolute Gasteiger partial charge is 0.493 e. The summed E-state index contributed by atoms with van der Waals surface area (Å²) in [7, 11) is 0. The zero-order valence-corrected chi connectivity index (χ0v) is 16.5. The summed E-state index contributed by atoms with van der Waals surface area (Å²) in [5.74, 6) is -0.611. The Bertz CT molecular complexity index is 1120. The smallest absolute Gasteiger partial charge is 0.283 e. The van der Waals surface area contributed by atoms with Crippen LogP contribution in [0.3, 0.4) is 0 Å². The monoisotopic (exact) mass is 406 g/mol. The van der Waals surface area contributed by atoms with Gasteiger partial charge in [-0.3, -0.25) is 9.59 Å². The van der Waals surface area contributed by atoms with Crippen LogP contribution in [0.25, 0.3) is 10.9 Å². The van der Waals surface area contributed by atoms with Crippen LogP contribution in [0.15, 0.2) is 71.4 Å². The van der Waals surface area contributed by atoms with Crippen LogP contribution < -0.4 is 10.1 Å². The topological polar surface area (TPSA) is 105 Å². The lowest BCUT2D eigenvalue weighted by Crippen LogP contribution is -2.32. The van der Waals surface area contributed by atoms with E-state index in [1.54, 1.807) is 28.8 Å². The fraction of sp³-hybridized carbons (Fsp3) is 0.182. The van der Waals surface area contributed by atoms with Crippen molar-refractivity contribution in [2.45, 2.75) is 13.5 Å². The molecule has 3 rings (SSSR count).